The van der Waals surface area contributed by atoms with Crippen LogP contribution >= 0.6 is 11.6 Å². The zero-order chi connectivity index (χ0) is 15.5. The molecule has 5 nitrogen and oxygen atoms in total. The Hall–Kier alpha value is -1.75. The summed E-state index contributed by atoms with van der Waals surface area (Å²) in [6.07, 6.45) is 0. The van der Waals surface area contributed by atoms with Crippen molar-refractivity contribution in [2.24, 2.45) is 0 Å². The number of urea groups is 1. The molecule has 0 spiro atoms. The largest absolute Gasteiger partial charge is 0.480 e. The molecule has 20 heavy (non-hydrogen) atoms. The first-order chi connectivity index (χ1) is 9.15. The Morgan fingerprint density at radius 2 is 1.80 bits per heavy atom. The zero-order valence-electron chi connectivity index (χ0n) is 12.0. The van der Waals surface area contributed by atoms with Gasteiger partial charge in [-0.3, -0.25) is 0 Å². The van der Waals surface area contributed by atoms with Gasteiger partial charge in [-0.2, -0.15) is 0 Å². The summed E-state index contributed by atoms with van der Waals surface area (Å²) < 4.78 is 0. The normalized spacial score (nSPS) is 12.7. The predicted octanol–water partition coefficient (Wildman–Crippen LogP) is 2.91. The third kappa shape index (κ3) is 3.87. The van der Waals surface area contributed by atoms with E-state index in [0.29, 0.717) is 5.02 Å². The molecule has 2 N–H and O–H groups in total. The van der Waals surface area contributed by atoms with Crippen LogP contribution in [0.1, 0.15) is 32.4 Å². The van der Waals surface area contributed by atoms with Crippen molar-refractivity contribution in [1.29, 1.82) is 0 Å². The van der Waals surface area contributed by atoms with E-state index in [1.165, 1.54) is 18.7 Å². The van der Waals surface area contributed by atoms with Crippen molar-refractivity contribution in [1.82, 2.24) is 10.2 Å². The van der Waals surface area contributed by atoms with Crippen molar-refractivity contribution in [3.05, 3.63) is 34.9 Å². The molecular formula is C14H19ClN2O3. The Morgan fingerprint density at radius 3 is 2.25 bits per heavy atom. The minimum atomic E-state index is -1.31. The molecule has 110 valence electrons. The number of nitrogens with zero attached hydrogens (tertiary/aromatic N) is 1. The fourth-order valence-electron chi connectivity index (χ4n) is 1.55. The van der Waals surface area contributed by atoms with Gasteiger partial charge in [0, 0.05) is 12.1 Å². The number of carbonyl (C=O) groups is 2. The lowest BCUT2D eigenvalue weighted by molar-refractivity contribution is -0.143. The Balaban J connectivity index is 2.78. The van der Waals surface area contributed by atoms with E-state index in [4.69, 9.17) is 16.7 Å². The van der Waals surface area contributed by atoms with Gasteiger partial charge in [-0.1, -0.05) is 23.7 Å². The Labute approximate surface area is 123 Å². The second-order valence-electron chi connectivity index (χ2n) is 5.20. The Morgan fingerprint density at radius 1 is 1.30 bits per heavy atom. The van der Waals surface area contributed by atoms with E-state index in [-0.39, 0.29) is 6.04 Å². The van der Waals surface area contributed by atoms with Gasteiger partial charge in [0.05, 0.1) is 6.04 Å². The maximum absolute atomic E-state index is 12.1. The van der Waals surface area contributed by atoms with Crippen molar-refractivity contribution in [2.75, 3.05) is 7.05 Å². The van der Waals surface area contributed by atoms with Gasteiger partial charge < -0.3 is 15.3 Å². The molecular weight excluding hydrogens is 280 g/mol. The van der Waals surface area contributed by atoms with Crippen LogP contribution in [-0.4, -0.2) is 34.6 Å². The predicted molar refractivity (Wildman–Crippen MR) is 77.9 cm³/mol. The number of rotatable bonds is 4. The number of amides is 2. The molecule has 0 aliphatic carbocycles. The van der Waals surface area contributed by atoms with Crippen LogP contribution in [0.4, 0.5) is 4.79 Å². The van der Waals surface area contributed by atoms with E-state index in [2.05, 4.69) is 5.32 Å². The molecule has 0 radical (unpaired) electrons. The summed E-state index contributed by atoms with van der Waals surface area (Å²) in [5.41, 5.74) is -0.398. The van der Waals surface area contributed by atoms with Gasteiger partial charge >= 0.3 is 12.0 Å². The molecule has 0 saturated heterocycles. The molecule has 0 aliphatic heterocycles. The third-order valence-corrected chi connectivity index (χ3v) is 3.46. The number of aliphatic carboxylic acids is 1. The lowest BCUT2D eigenvalue weighted by Crippen LogP contribution is -2.53. The van der Waals surface area contributed by atoms with Crippen LogP contribution in [0.2, 0.25) is 5.02 Å². The van der Waals surface area contributed by atoms with Crippen molar-refractivity contribution in [3.8, 4) is 0 Å². The van der Waals surface area contributed by atoms with E-state index >= 15 is 0 Å². The molecule has 0 aromatic heterocycles. The molecule has 1 atom stereocenters. The highest BCUT2D eigenvalue weighted by Gasteiger charge is 2.31. The number of nitrogens with one attached hydrogen (secondary N) is 1. The minimum Gasteiger partial charge on any atom is -0.480 e. The highest BCUT2D eigenvalue weighted by atomic mass is 35.5. The average Bonchev–Trinajstić information content (AvgIpc) is 2.37. The number of hydrogen-bond donors (Lipinski definition) is 2. The average molecular weight is 299 g/mol. The summed E-state index contributed by atoms with van der Waals surface area (Å²) in [5, 5.41) is 12.1. The summed E-state index contributed by atoms with van der Waals surface area (Å²) in [5.74, 6) is -1.08. The second kappa shape index (κ2) is 6.13. The van der Waals surface area contributed by atoms with Crippen LogP contribution < -0.4 is 5.32 Å². The van der Waals surface area contributed by atoms with Crippen LogP contribution in [0.3, 0.4) is 0 Å². The number of carbonyl (C=O) groups excluding carboxylic acids is 1. The lowest BCUT2D eigenvalue weighted by Gasteiger charge is -2.29. The van der Waals surface area contributed by atoms with E-state index in [0.717, 1.165) is 5.56 Å². The minimum absolute atomic E-state index is 0.197. The van der Waals surface area contributed by atoms with Crippen LogP contribution in [0.15, 0.2) is 24.3 Å². The van der Waals surface area contributed by atoms with Gasteiger partial charge in [0.25, 0.3) is 0 Å². The SMILES string of the molecule is CC(c1ccc(Cl)cc1)N(C)C(=O)NC(C)(C)C(=O)O. The lowest BCUT2D eigenvalue weighted by atomic mass is 10.1. The maximum atomic E-state index is 12.1. The summed E-state index contributed by atoms with van der Waals surface area (Å²) in [6.45, 7) is 4.73. The molecule has 0 saturated carbocycles. The quantitative estimate of drug-likeness (QED) is 0.898. The number of halogens is 1. The molecule has 1 unspecified atom stereocenters. The first-order valence-corrected chi connectivity index (χ1v) is 6.57. The smallest absolute Gasteiger partial charge is 0.328 e. The van der Waals surface area contributed by atoms with Crippen molar-refractivity contribution in [2.45, 2.75) is 32.4 Å². The van der Waals surface area contributed by atoms with Gasteiger partial charge in [0.2, 0.25) is 0 Å². The molecule has 0 heterocycles. The third-order valence-electron chi connectivity index (χ3n) is 3.21. The molecule has 2 amide bonds. The Bertz CT molecular complexity index is 500. The summed E-state index contributed by atoms with van der Waals surface area (Å²) in [6, 6.07) is 6.52. The number of hydrogen-bond acceptors (Lipinski definition) is 2. The topological polar surface area (TPSA) is 69.6 Å². The number of benzene rings is 1. The summed E-state index contributed by atoms with van der Waals surface area (Å²) in [7, 11) is 1.62. The zero-order valence-corrected chi connectivity index (χ0v) is 12.7. The van der Waals surface area contributed by atoms with Gasteiger partial charge in [0.15, 0.2) is 0 Å². The highest BCUT2D eigenvalue weighted by Crippen LogP contribution is 2.21. The van der Waals surface area contributed by atoms with Crippen LogP contribution in [0.25, 0.3) is 0 Å². The fourth-order valence-corrected chi connectivity index (χ4v) is 1.68. The van der Waals surface area contributed by atoms with Gasteiger partial charge in [-0.15, -0.1) is 0 Å². The first kappa shape index (κ1) is 16.3. The maximum Gasteiger partial charge on any atom is 0.328 e. The number of carboxylic acids is 1. The van der Waals surface area contributed by atoms with E-state index in [1.54, 1.807) is 19.2 Å². The second-order valence-corrected chi connectivity index (χ2v) is 5.64. The standard InChI is InChI=1S/C14H19ClN2O3/c1-9(10-5-7-11(15)8-6-10)17(4)13(20)16-14(2,3)12(18)19/h5-9H,1-4H3,(H,16,20)(H,18,19). The van der Waals surface area contributed by atoms with E-state index in [1.807, 2.05) is 19.1 Å². The van der Waals surface area contributed by atoms with Crippen molar-refractivity contribution >= 4 is 23.6 Å². The van der Waals surface area contributed by atoms with Crippen molar-refractivity contribution < 1.29 is 14.7 Å². The monoisotopic (exact) mass is 298 g/mol. The highest BCUT2D eigenvalue weighted by molar-refractivity contribution is 6.30. The fraction of sp³-hybridized carbons (Fsp3) is 0.429. The molecule has 0 bridgehead atoms. The van der Waals surface area contributed by atoms with E-state index in [9.17, 15) is 9.59 Å². The van der Waals surface area contributed by atoms with Crippen molar-refractivity contribution in [3.63, 3.8) is 0 Å². The van der Waals surface area contributed by atoms with Crippen LogP contribution in [-0.2, 0) is 4.79 Å². The van der Waals surface area contributed by atoms with Gasteiger partial charge in [-0.05, 0) is 38.5 Å². The van der Waals surface area contributed by atoms with Gasteiger partial charge in [0.1, 0.15) is 5.54 Å². The van der Waals surface area contributed by atoms with Crippen LogP contribution in [0, 0.1) is 0 Å². The van der Waals surface area contributed by atoms with Gasteiger partial charge in [-0.25, -0.2) is 9.59 Å². The van der Waals surface area contributed by atoms with E-state index < -0.39 is 17.5 Å². The summed E-state index contributed by atoms with van der Waals surface area (Å²) in [4.78, 5) is 24.5. The molecule has 1 rings (SSSR count). The molecule has 1 aromatic rings. The summed E-state index contributed by atoms with van der Waals surface area (Å²) >= 11 is 5.82. The first-order valence-electron chi connectivity index (χ1n) is 6.19. The van der Waals surface area contributed by atoms with Crippen LogP contribution in [0.5, 0.6) is 0 Å². The molecule has 0 aliphatic rings. The Kier molecular flexibility index (Phi) is 5.00. The molecule has 0 fully saturated rings. The molecule has 6 heteroatoms. The number of carboxylic acid groups (broad SMARTS) is 1. The molecule has 1 aromatic carbocycles.